The first kappa shape index (κ1) is 9.21. The van der Waals surface area contributed by atoms with Crippen LogP contribution in [0.2, 0.25) is 0 Å². The van der Waals surface area contributed by atoms with Crippen molar-refractivity contribution in [1.29, 1.82) is 0 Å². The number of nitrogens with zero attached hydrogens (tertiary/aromatic N) is 2. The molecule has 0 aromatic carbocycles. The number of amides is 1. The summed E-state index contributed by atoms with van der Waals surface area (Å²) in [5, 5.41) is 6.95. The van der Waals surface area contributed by atoms with E-state index in [1.54, 1.807) is 10.9 Å². The lowest BCUT2D eigenvalue weighted by molar-refractivity contribution is -0.123. The van der Waals surface area contributed by atoms with Crippen molar-refractivity contribution >= 4 is 5.91 Å². The summed E-state index contributed by atoms with van der Waals surface area (Å²) in [5.41, 5.74) is 6.91. The molecular weight excluding hydrogens is 180 g/mol. The van der Waals surface area contributed by atoms with E-state index in [4.69, 9.17) is 5.73 Å². The fourth-order valence-corrected chi connectivity index (χ4v) is 1.80. The molecule has 3 N–H and O–H groups in total. The van der Waals surface area contributed by atoms with Crippen LogP contribution in [-0.4, -0.2) is 21.7 Å². The van der Waals surface area contributed by atoms with Crippen molar-refractivity contribution in [2.45, 2.75) is 24.9 Å². The van der Waals surface area contributed by atoms with Crippen LogP contribution >= 0.6 is 0 Å². The summed E-state index contributed by atoms with van der Waals surface area (Å²) in [7, 11) is 1.85. The second-order valence-corrected chi connectivity index (χ2v) is 3.63. The minimum atomic E-state index is -0.0938. The van der Waals surface area contributed by atoms with Gasteiger partial charge in [0.1, 0.15) is 0 Å². The first-order valence-corrected chi connectivity index (χ1v) is 4.71. The van der Waals surface area contributed by atoms with Gasteiger partial charge in [-0.05, 0) is 12.5 Å². The second-order valence-electron chi connectivity index (χ2n) is 3.63. The van der Waals surface area contributed by atoms with E-state index in [0.717, 1.165) is 12.1 Å². The van der Waals surface area contributed by atoms with Gasteiger partial charge < -0.3 is 11.1 Å². The van der Waals surface area contributed by atoms with Gasteiger partial charge in [-0.2, -0.15) is 5.10 Å². The first-order valence-electron chi connectivity index (χ1n) is 4.71. The Labute approximate surface area is 82.3 Å². The molecule has 5 heteroatoms. The Bertz CT molecular complexity index is 346. The molecule has 1 aromatic heterocycles. The summed E-state index contributed by atoms with van der Waals surface area (Å²) in [6.07, 6.45) is 2.97. The fraction of sp³-hybridized carbons (Fsp3) is 0.556. The van der Waals surface area contributed by atoms with E-state index in [1.165, 1.54) is 0 Å². The molecule has 1 aromatic rings. The van der Waals surface area contributed by atoms with Gasteiger partial charge >= 0.3 is 0 Å². The normalized spacial score (nSPS) is 27.4. The highest BCUT2D eigenvalue weighted by Crippen LogP contribution is 2.21. The maximum atomic E-state index is 11.2. The number of piperidine rings is 1. The van der Waals surface area contributed by atoms with Crippen LogP contribution in [0.5, 0.6) is 0 Å². The number of carbonyl (C=O) groups excluding carboxylic acids is 1. The highest BCUT2D eigenvalue weighted by atomic mass is 16.1. The molecule has 2 atom stereocenters. The number of carbonyl (C=O) groups is 1. The van der Waals surface area contributed by atoms with E-state index in [-0.39, 0.29) is 18.0 Å². The molecule has 1 saturated heterocycles. The van der Waals surface area contributed by atoms with Crippen molar-refractivity contribution in [3.8, 4) is 0 Å². The van der Waals surface area contributed by atoms with Crippen LogP contribution in [0, 0.1) is 0 Å². The van der Waals surface area contributed by atoms with Crippen molar-refractivity contribution in [2.24, 2.45) is 12.8 Å². The highest BCUT2D eigenvalue weighted by Gasteiger charge is 2.28. The lowest BCUT2D eigenvalue weighted by atomic mass is 9.96. The smallest absolute Gasteiger partial charge is 0.220 e. The zero-order chi connectivity index (χ0) is 10.1. The third-order valence-electron chi connectivity index (χ3n) is 2.63. The number of nitrogens with one attached hydrogen (secondary N) is 1. The molecule has 0 spiro atoms. The van der Waals surface area contributed by atoms with E-state index in [2.05, 4.69) is 10.4 Å². The quantitative estimate of drug-likeness (QED) is 0.644. The molecule has 0 bridgehead atoms. The van der Waals surface area contributed by atoms with E-state index in [1.807, 2.05) is 13.1 Å². The van der Waals surface area contributed by atoms with Gasteiger partial charge in [-0.1, -0.05) is 0 Å². The third-order valence-corrected chi connectivity index (χ3v) is 2.63. The third kappa shape index (κ3) is 1.50. The van der Waals surface area contributed by atoms with Crippen molar-refractivity contribution in [1.82, 2.24) is 15.1 Å². The number of aryl methyl sites for hydroxylation is 1. The Morgan fingerprint density at radius 3 is 3.14 bits per heavy atom. The lowest BCUT2D eigenvalue weighted by Crippen LogP contribution is -2.46. The number of rotatable bonds is 1. The molecule has 1 amide bonds. The Kier molecular flexibility index (Phi) is 2.25. The van der Waals surface area contributed by atoms with Gasteiger partial charge in [-0.15, -0.1) is 0 Å². The lowest BCUT2D eigenvalue weighted by Gasteiger charge is -2.29. The Hall–Kier alpha value is -1.36. The molecule has 14 heavy (non-hydrogen) atoms. The summed E-state index contributed by atoms with van der Waals surface area (Å²) in [6.45, 7) is 0. The van der Waals surface area contributed by atoms with Gasteiger partial charge in [0, 0.05) is 25.7 Å². The molecule has 2 rings (SSSR count). The maximum Gasteiger partial charge on any atom is 0.220 e. The van der Waals surface area contributed by atoms with Crippen molar-refractivity contribution < 1.29 is 4.79 Å². The molecule has 76 valence electrons. The van der Waals surface area contributed by atoms with E-state index >= 15 is 0 Å². The Morgan fingerprint density at radius 2 is 2.50 bits per heavy atom. The predicted octanol–water partition coefficient (Wildman–Crippen LogP) is -0.302. The van der Waals surface area contributed by atoms with Crippen molar-refractivity contribution in [2.75, 3.05) is 0 Å². The minimum absolute atomic E-state index is 0.0110. The average Bonchev–Trinajstić information content (AvgIpc) is 2.56. The zero-order valence-corrected chi connectivity index (χ0v) is 8.10. The van der Waals surface area contributed by atoms with Gasteiger partial charge in [-0.3, -0.25) is 9.48 Å². The van der Waals surface area contributed by atoms with Crippen LogP contribution < -0.4 is 11.1 Å². The molecule has 1 fully saturated rings. The summed E-state index contributed by atoms with van der Waals surface area (Å²) in [5.74, 6) is 0.0675. The molecule has 0 saturated carbocycles. The molecule has 1 aliphatic heterocycles. The van der Waals surface area contributed by atoms with E-state index in [9.17, 15) is 4.79 Å². The minimum Gasteiger partial charge on any atom is -0.346 e. The van der Waals surface area contributed by atoms with Gasteiger partial charge in [-0.25, -0.2) is 0 Å². The first-order chi connectivity index (χ1) is 6.68. The van der Waals surface area contributed by atoms with E-state index in [0.29, 0.717) is 6.42 Å². The monoisotopic (exact) mass is 194 g/mol. The summed E-state index contributed by atoms with van der Waals surface area (Å²) >= 11 is 0. The molecule has 0 unspecified atom stereocenters. The highest BCUT2D eigenvalue weighted by molar-refractivity contribution is 5.77. The van der Waals surface area contributed by atoms with Crippen molar-refractivity contribution in [3.05, 3.63) is 18.0 Å². The van der Waals surface area contributed by atoms with Crippen LogP contribution in [0.1, 0.15) is 24.6 Å². The summed E-state index contributed by atoms with van der Waals surface area (Å²) in [4.78, 5) is 11.2. The number of aromatic nitrogens is 2. The molecule has 2 heterocycles. The summed E-state index contributed by atoms with van der Waals surface area (Å²) in [6, 6.07) is 1.78. The number of nitrogens with two attached hydrogens (primary N) is 1. The largest absolute Gasteiger partial charge is 0.346 e. The van der Waals surface area contributed by atoms with Gasteiger partial charge in [0.05, 0.1) is 11.7 Å². The van der Waals surface area contributed by atoms with Gasteiger partial charge in [0.15, 0.2) is 0 Å². The second kappa shape index (κ2) is 3.42. The van der Waals surface area contributed by atoms with E-state index < -0.39 is 0 Å². The molecule has 0 aliphatic carbocycles. The van der Waals surface area contributed by atoms with Crippen LogP contribution in [0.4, 0.5) is 0 Å². The molecular formula is C9H14N4O. The van der Waals surface area contributed by atoms with Crippen LogP contribution in [0.25, 0.3) is 0 Å². The summed E-state index contributed by atoms with van der Waals surface area (Å²) < 4.78 is 1.75. The van der Waals surface area contributed by atoms with Crippen LogP contribution in [-0.2, 0) is 11.8 Å². The van der Waals surface area contributed by atoms with Gasteiger partial charge in [0.2, 0.25) is 5.91 Å². The van der Waals surface area contributed by atoms with Crippen molar-refractivity contribution in [3.63, 3.8) is 0 Å². The topological polar surface area (TPSA) is 72.9 Å². The zero-order valence-electron chi connectivity index (χ0n) is 8.10. The Morgan fingerprint density at radius 1 is 1.71 bits per heavy atom. The fourth-order valence-electron chi connectivity index (χ4n) is 1.80. The number of hydrogen-bond donors (Lipinski definition) is 2. The van der Waals surface area contributed by atoms with Gasteiger partial charge in [0.25, 0.3) is 0 Å². The standard InChI is InChI=1S/C9H14N4O/c1-13-7(4-5-11-13)9-6(10)2-3-8(14)12-9/h4-6,9H,2-3,10H2,1H3,(H,12,14)/t6-,9-/m0/s1. The molecule has 0 radical (unpaired) electrons. The van der Waals surface area contributed by atoms with Crippen LogP contribution in [0.3, 0.4) is 0 Å². The Balaban J connectivity index is 2.24. The number of hydrogen-bond acceptors (Lipinski definition) is 3. The van der Waals surface area contributed by atoms with Crippen LogP contribution in [0.15, 0.2) is 12.3 Å². The molecule has 5 nitrogen and oxygen atoms in total. The SMILES string of the molecule is Cn1nccc1[C@H]1NC(=O)CC[C@@H]1N. The predicted molar refractivity (Wildman–Crippen MR) is 51.3 cm³/mol. The maximum absolute atomic E-state index is 11.2. The molecule has 1 aliphatic rings. The average molecular weight is 194 g/mol.